The Kier molecular flexibility index (Phi) is 10.4. The number of rotatable bonds is 13. The van der Waals surface area contributed by atoms with Crippen molar-refractivity contribution in [3.05, 3.63) is 68.9 Å². The van der Waals surface area contributed by atoms with E-state index in [-0.39, 0.29) is 24.3 Å². The van der Waals surface area contributed by atoms with Gasteiger partial charge in [0, 0.05) is 69.1 Å². The molecule has 12 heteroatoms. The molecule has 6 N–H and O–H groups in total. The Labute approximate surface area is 247 Å². The molecule has 2 aromatic heterocycles. The number of benzene rings is 2. The van der Waals surface area contributed by atoms with E-state index in [0.717, 1.165) is 67.6 Å². The van der Waals surface area contributed by atoms with Gasteiger partial charge in [0.05, 0.1) is 0 Å². The second-order valence-electron chi connectivity index (χ2n) is 9.38. The first-order valence-electron chi connectivity index (χ1n) is 12.9. The summed E-state index contributed by atoms with van der Waals surface area (Å²) in [5.74, 6) is -0.810. The van der Waals surface area contributed by atoms with Crippen LogP contribution >= 0.6 is 31.9 Å². The Morgan fingerprint density at radius 3 is 1.52 bits per heavy atom. The van der Waals surface area contributed by atoms with E-state index >= 15 is 0 Å². The zero-order valence-electron chi connectivity index (χ0n) is 21.6. The lowest BCUT2D eigenvalue weighted by molar-refractivity contribution is -0.115. The van der Waals surface area contributed by atoms with Crippen molar-refractivity contribution >= 4 is 76.9 Å². The molecule has 0 saturated heterocycles. The molecule has 0 aliphatic heterocycles. The number of carbonyl (C=O) groups excluding carboxylic acids is 2. The summed E-state index contributed by atoms with van der Waals surface area (Å²) in [6, 6.07) is 11.6. The predicted octanol–water partition coefficient (Wildman–Crippen LogP) is 5.41. The highest BCUT2D eigenvalue weighted by Gasteiger charge is 2.17. The van der Waals surface area contributed by atoms with E-state index in [1.165, 1.54) is 0 Å². The van der Waals surface area contributed by atoms with E-state index in [1.807, 2.05) is 48.8 Å². The number of carbonyl (C=O) groups is 2. The second-order valence-corrected chi connectivity index (χ2v) is 11.2. The van der Waals surface area contributed by atoms with Crippen molar-refractivity contribution in [1.29, 1.82) is 0 Å². The predicted molar refractivity (Wildman–Crippen MR) is 162 cm³/mol. The minimum absolute atomic E-state index is 0.0465. The fourth-order valence-corrected chi connectivity index (χ4v) is 5.21. The van der Waals surface area contributed by atoms with Gasteiger partial charge in [0.15, 0.2) is 0 Å². The summed E-state index contributed by atoms with van der Waals surface area (Å²) in [4.78, 5) is 31.3. The van der Waals surface area contributed by atoms with Crippen LogP contribution in [0.1, 0.15) is 36.8 Å². The van der Waals surface area contributed by atoms with Crippen molar-refractivity contribution in [3.8, 4) is 0 Å². The molecule has 10 nitrogen and oxygen atoms in total. The van der Waals surface area contributed by atoms with Crippen LogP contribution in [0.5, 0.6) is 0 Å². The van der Waals surface area contributed by atoms with Crippen LogP contribution in [0, 0.1) is 0 Å². The highest BCUT2D eigenvalue weighted by Crippen LogP contribution is 2.24. The first kappa shape index (κ1) is 29.3. The van der Waals surface area contributed by atoms with Crippen molar-refractivity contribution in [2.24, 2.45) is 10.3 Å². The SMILES string of the molecule is O=C(NCCCCCCNC(=O)/C(Cc1c[nH]c2ccc(Br)cc12)=N/O)/C(Cc1c[nH]c2ccc(Br)cc12)=N/O. The highest BCUT2D eigenvalue weighted by atomic mass is 79.9. The van der Waals surface area contributed by atoms with Crippen LogP contribution in [-0.2, 0) is 22.4 Å². The number of fused-ring (bicyclic) bond motifs is 2. The number of oxime groups is 2. The average molecular weight is 674 g/mol. The smallest absolute Gasteiger partial charge is 0.269 e. The Morgan fingerprint density at radius 1 is 0.700 bits per heavy atom. The van der Waals surface area contributed by atoms with Gasteiger partial charge in [0.25, 0.3) is 11.8 Å². The summed E-state index contributed by atoms with van der Waals surface area (Å²) >= 11 is 6.91. The summed E-state index contributed by atoms with van der Waals surface area (Å²) in [5.41, 5.74) is 3.70. The van der Waals surface area contributed by atoms with E-state index in [4.69, 9.17) is 0 Å². The number of unbranched alkanes of at least 4 members (excludes halogenated alkanes) is 3. The normalized spacial score (nSPS) is 12.2. The largest absolute Gasteiger partial charge is 0.410 e. The number of hydrogen-bond acceptors (Lipinski definition) is 6. The summed E-state index contributed by atoms with van der Waals surface area (Å²) in [6.45, 7) is 0.900. The molecule has 4 aromatic rings. The van der Waals surface area contributed by atoms with Gasteiger partial charge in [-0.1, -0.05) is 55.0 Å². The van der Waals surface area contributed by atoms with Gasteiger partial charge < -0.3 is 31.0 Å². The lowest BCUT2D eigenvalue weighted by atomic mass is 10.1. The third kappa shape index (κ3) is 7.51. The van der Waals surface area contributed by atoms with Crippen molar-refractivity contribution in [2.45, 2.75) is 38.5 Å². The average Bonchev–Trinajstić information content (AvgIpc) is 3.54. The fourth-order valence-electron chi connectivity index (χ4n) is 4.49. The van der Waals surface area contributed by atoms with Gasteiger partial charge in [-0.3, -0.25) is 9.59 Å². The summed E-state index contributed by atoms with van der Waals surface area (Å²) in [6.07, 6.45) is 7.23. The first-order valence-corrected chi connectivity index (χ1v) is 14.5. The summed E-state index contributed by atoms with van der Waals surface area (Å²) in [5, 5.41) is 32.8. The number of aromatic nitrogens is 2. The van der Waals surface area contributed by atoms with Gasteiger partial charge in [0.2, 0.25) is 0 Å². The number of amides is 2. The quantitative estimate of drug-likeness (QED) is 0.0486. The lowest BCUT2D eigenvalue weighted by Gasteiger charge is -2.08. The topological polar surface area (TPSA) is 155 Å². The zero-order valence-corrected chi connectivity index (χ0v) is 24.8. The van der Waals surface area contributed by atoms with Crippen LogP contribution in [0.15, 0.2) is 68.0 Å². The Hall–Kier alpha value is -3.64. The zero-order chi connectivity index (χ0) is 28.5. The molecular formula is C28H30Br2N6O4. The van der Waals surface area contributed by atoms with Crippen molar-refractivity contribution in [3.63, 3.8) is 0 Å². The Morgan fingerprint density at radius 2 is 1.12 bits per heavy atom. The molecule has 210 valence electrons. The van der Waals surface area contributed by atoms with Gasteiger partial charge in [0.1, 0.15) is 11.4 Å². The molecule has 40 heavy (non-hydrogen) atoms. The van der Waals surface area contributed by atoms with Crippen LogP contribution in [0.25, 0.3) is 21.8 Å². The third-order valence-corrected chi connectivity index (χ3v) is 7.60. The fraction of sp³-hybridized carbons (Fsp3) is 0.286. The molecule has 0 bridgehead atoms. The van der Waals surface area contributed by atoms with Crippen molar-refractivity contribution in [1.82, 2.24) is 20.6 Å². The maximum Gasteiger partial charge on any atom is 0.269 e. The minimum atomic E-state index is -0.405. The monoisotopic (exact) mass is 672 g/mol. The molecule has 0 unspecified atom stereocenters. The van der Waals surface area contributed by atoms with Gasteiger partial charge in [-0.05, 0) is 60.4 Å². The van der Waals surface area contributed by atoms with Crippen molar-refractivity contribution < 1.29 is 20.0 Å². The minimum Gasteiger partial charge on any atom is -0.410 e. The van der Waals surface area contributed by atoms with E-state index < -0.39 is 11.8 Å². The van der Waals surface area contributed by atoms with Crippen LogP contribution in [-0.4, -0.2) is 56.7 Å². The van der Waals surface area contributed by atoms with Crippen molar-refractivity contribution in [2.75, 3.05) is 13.1 Å². The van der Waals surface area contributed by atoms with Crippen LogP contribution in [0.2, 0.25) is 0 Å². The molecule has 0 atom stereocenters. The number of hydrogen-bond donors (Lipinski definition) is 6. The molecule has 0 aliphatic carbocycles. The Balaban J connectivity index is 1.12. The number of halogens is 2. The molecule has 2 aromatic carbocycles. The standard InChI is InChI=1S/C28H30Br2N6O4/c29-19-5-7-23-21(13-19)17(15-33-23)11-25(35-39)27(37)31-9-3-1-2-4-10-32-28(38)26(36-40)12-18-16-34-24-8-6-20(30)14-22(18)24/h5-8,13-16,33-34,39-40H,1-4,9-12H2,(H,31,37)(H,32,38)/b35-25+,36-26+. The van der Waals surface area contributed by atoms with E-state index in [2.05, 4.69) is 62.8 Å². The molecule has 0 fully saturated rings. The lowest BCUT2D eigenvalue weighted by Crippen LogP contribution is -2.33. The van der Waals surface area contributed by atoms with Gasteiger partial charge in [-0.2, -0.15) is 0 Å². The van der Waals surface area contributed by atoms with Gasteiger partial charge >= 0.3 is 0 Å². The molecule has 2 amide bonds. The van der Waals surface area contributed by atoms with E-state index in [1.54, 1.807) is 0 Å². The molecule has 0 saturated carbocycles. The van der Waals surface area contributed by atoms with Crippen LogP contribution < -0.4 is 10.6 Å². The molecule has 0 spiro atoms. The highest BCUT2D eigenvalue weighted by molar-refractivity contribution is 9.10. The number of aromatic amines is 2. The molecule has 0 radical (unpaired) electrons. The molecular weight excluding hydrogens is 644 g/mol. The maximum atomic E-state index is 12.5. The number of nitrogens with one attached hydrogen (secondary N) is 4. The second kappa shape index (κ2) is 14.1. The van der Waals surface area contributed by atoms with E-state index in [9.17, 15) is 20.0 Å². The van der Waals surface area contributed by atoms with Gasteiger partial charge in [-0.15, -0.1) is 0 Å². The maximum absolute atomic E-state index is 12.5. The van der Waals surface area contributed by atoms with E-state index in [0.29, 0.717) is 13.1 Å². The van der Waals surface area contributed by atoms with Crippen LogP contribution in [0.3, 0.4) is 0 Å². The first-order chi connectivity index (χ1) is 19.4. The molecule has 0 aliphatic rings. The summed E-state index contributed by atoms with van der Waals surface area (Å²) < 4.78 is 1.85. The Bertz CT molecular complexity index is 1440. The molecule has 2 heterocycles. The molecule has 4 rings (SSSR count). The van der Waals surface area contributed by atoms with Crippen LogP contribution in [0.4, 0.5) is 0 Å². The number of nitrogens with zero attached hydrogens (tertiary/aromatic N) is 2. The van der Waals surface area contributed by atoms with Gasteiger partial charge in [-0.25, -0.2) is 0 Å². The number of H-pyrrole nitrogens is 2. The third-order valence-electron chi connectivity index (χ3n) is 6.62. The summed E-state index contributed by atoms with van der Waals surface area (Å²) in [7, 11) is 0.